The largest absolute Gasteiger partial charge is 0.487 e. The normalized spacial score (nSPS) is 14.5. The highest BCUT2D eigenvalue weighted by molar-refractivity contribution is 8.14. The van der Waals surface area contributed by atoms with E-state index in [0.29, 0.717) is 6.61 Å². The molecule has 0 aromatic heterocycles. The Kier molecular flexibility index (Phi) is 15.9. The lowest BCUT2D eigenvalue weighted by Gasteiger charge is -2.11. The molecule has 0 saturated carbocycles. The van der Waals surface area contributed by atoms with E-state index in [4.69, 9.17) is 19.6 Å². The molecule has 0 spiro atoms. The van der Waals surface area contributed by atoms with E-state index in [9.17, 15) is 4.39 Å². The highest BCUT2D eigenvalue weighted by Crippen LogP contribution is 2.22. The molecule has 0 amide bonds. The highest BCUT2D eigenvalue weighted by atomic mass is 32.2. The monoisotopic (exact) mass is 527 g/mol. The molecule has 1 unspecified atom stereocenters. The number of ether oxygens (including phenoxy) is 1. The van der Waals surface area contributed by atoms with Crippen LogP contribution in [0.15, 0.2) is 89.8 Å². The van der Waals surface area contributed by atoms with E-state index in [-0.39, 0.29) is 18.3 Å². The van der Waals surface area contributed by atoms with Crippen molar-refractivity contribution in [2.45, 2.75) is 40.2 Å². The quantitative estimate of drug-likeness (QED) is 0.162. The van der Waals surface area contributed by atoms with Gasteiger partial charge in [0, 0.05) is 35.4 Å². The van der Waals surface area contributed by atoms with Gasteiger partial charge in [-0.3, -0.25) is 9.79 Å². The van der Waals surface area contributed by atoms with Crippen LogP contribution in [0.25, 0.3) is 0 Å². The molecule has 0 aliphatic carbocycles. The predicted octanol–water partition coefficient (Wildman–Crippen LogP) is 7.28. The summed E-state index contributed by atoms with van der Waals surface area (Å²) in [6.07, 6.45) is 6.63. The average Bonchev–Trinajstić information content (AvgIpc) is 3.35. The molecule has 2 aromatic rings. The highest BCUT2D eigenvalue weighted by Gasteiger charge is 2.18. The number of carboxylic acid groups (broad SMARTS) is 1. The van der Waals surface area contributed by atoms with Crippen LogP contribution >= 0.6 is 11.8 Å². The molecule has 1 heterocycles. The number of benzene rings is 2. The van der Waals surface area contributed by atoms with Crippen molar-refractivity contribution in [3.05, 3.63) is 96.2 Å². The molecule has 1 aliphatic rings. The molecular formula is C29H38FN3O3S. The number of para-hydroxylation sites is 1. The van der Waals surface area contributed by atoms with Crippen LogP contribution in [0.1, 0.15) is 32.8 Å². The molecule has 0 radical (unpaired) electrons. The third kappa shape index (κ3) is 12.8. The Morgan fingerprint density at radius 3 is 2.65 bits per heavy atom. The molecule has 8 heteroatoms. The summed E-state index contributed by atoms with van der Waals surface area (Å²) in [6, 6.07) is 15.0. The first kappa shape index (κ1) is 31.5. The van der Waals surface area contributed by atoms with Crippen LogP contribution < -0.4 is 10.6 Å². The summed E-state index contributed by atoms with van der Waals surface area (Å²) in [6.45, 7) is 12.9. The summed E-state index contributed by atoms with van der Waals surface area (Å²) in [5.41, 5.74) is 3.61. The lowest BCUT2D eigenvalue weighted by Crippen LogP contribution is -2.12. The number of halogens is 1. The molecule has 1 aliphatic heterocycles. The fourth-order valence-electron chi connectivity index (χ4n) is 3.22. The summed E-state index contributed by atoms with van der Waals surface area (Å²) < 4.78 is 19.4. The van der Waals surface area contributed by atoms with Gasteiger partial charge in [0.2, 0.25) is 0 Å². The first-order valence-corrected chi connectivity index (χ1v) is 13.2. The van der Waals surface area contributed by atoms with Crippen molar-refractivity contribution in [1.82, 2.24) is 0 Å². The van der Waals surface area contributed by atoms with E-state index in [1.807, 2.05) is 76.3 Å². The first-order chi connectivity index (χ1) is 17.9. The van der Waals surface area contributed by atoms with Crippen molar-refractivity contribution >= 4 is 34.7 Å². The Hall–Kier alpha value is -3.52. The second-order valence-corrected chi connectivity index (χ2v) is 8.71. The molecule has 1 atom stereocenters. The van der Waals surface area contributed by atoms with Crippen molar-refractivity contribution < 1.29 is 19.0 Å². The number of allylic oxidation sites excluding steroid dienone is 3. The summed E-state index contributed by atoms with van der Waals surface area (Å²) in [4.78, 5) is 13.2. The average molecular weight is 528 g/mol. The molecule has 0 bridgehead atoms. The number of anilines is 2. The van der Waals surface area contributed by atoms with Gasteiger partial charge in [-0.15, -0.1) is 11.8 Å². The number of nitrogens with one attached hydrogen (secondary N) is 2. The SMILES string of the molecule is C=C(/C=C(\C=C/C)OCC1=NC(CCNc2cc(F)ccc2C)CS1)Nc1ccccc1.CC.O=CO. The minimum atomic E-state index is -0.250. The smallest absolute Gasteiger partial charge is 0.290 e. The summed E-state index contributed by atoms with van der Waals surface area (Å²) >= 11 is 1.73. The van der Waals surface area contributed by atoms with Crippen molar-refractivity contribution in [3.8, 4) is 0 Å². The minimum absolute atomic E-state index is 0.224. The molecule has 3 rings (SSSR count). The molecule has 6 nitrogen and oxygen atoms in total. The maximum atomic E-state index is 13.4. The van der Waals surface area contributed by atoms with Gasteiger partial charge in [-0.2, -0.15) is 0 Å². The maximum Gasteiger partial charge on any atom is 0.290 e. The summed E-state index contributed by atoms with van der Waals surface area (Å²) in [5.74, 6) is 1.45. The Morgan fingerprint density at radius 1 is 1.27 bits per heavy atom. The van der Waals surface area contributed by atoms with Crippen molar-refractivity contribution in [1.29, 1.82) is 0 Å². The Balaban J connectivity index is 0.00000127. The van der Waals surface area contributed by atoms with Gasteiger partial charge in [-0.05, 0) is 56.2 Å². The van der Waals surface area contributed by atoms with Gasteiger partial charge in [0.05, 0.1) is 6.04 Å². The Bertz CT molecular complexity index is 1060. The van der Waals surface area contributed by atoms with E-state index in [1.54, 1.807) is 17.8 Å². The minimum Gasteiger partial charge on any atom is -0.487 e. The van der Waals surface area contributed by atoms with Gasteiger partial charge in [0.15, 0.2) is 0 Å². The van der Waals surface area contributed by atoms with Crippen LogP contribution in [0.4, 0.5) is 15.8 Å². The zero-order valence-electron chi connectivity index (χ0n) is 22.0. The van der Waals surface area contributed by atoms with Crippen molar-refractivity contribution in [2.75, 3.05) is 29.5 Å². The topological polar surface area (TPSA) is 83.0 Å². The number of carbonyl (C=O) groups is 1. The van der Waals surface area contributed by atoms with Gasteiger partial charge in [-0.25, -0.2) is 4.39 Å². The molecular weight excluding hydrogens is 489 g/mol. The number of nitrogens with zero attached hydrogens (tertiary/aromatic N) is 1. The summed E-state index contributed by atoms with van der Waals surface area (Å²) in [7, 11) is 0. The van der Waals surface area contributed by atoms with E-state index in [1.165, 1.54) is 12.1 Å². The third-order valence-corrected chi connectivity index (χ3v) is 5.96. The van der Waals surface area contributed by atoms with Crippen LogP contribution in [0, 0.1) is 12.7 Å². The van der Waals surface area contributed by atoms with Crippen molar-refractivity contribution in [3.63, 3.8) is 0 Å². The van der Waals surface area contributed by atoms with Crippen LogP contribution in [-0.4, -0.2) is 41.6 Å². The number of aliphatic imine (C=N–C) groups is 1. The van der Waals surface area contributed by atoms with Crippen molar-refractivity contribution in [2.24, 2.45) is 4.99 Å². The van der Waals surface area contributed by atoms with Crippen LogP contribution in [0.5, 0.6) is 0 Å². The molecule has 3 N–H and O–H groups in total. The number of rotatable bonds is 11. The predicted molar refractivity (Wildman–Crippen MR) is 156 cm³/mol. The van der Waals surface area contributed by atoms with Crippen LogP contribution in [0.2, 0.25) is 0 Å². The van der Waals surface area contributed by atoms with Gasteiger partial charge in [0.25, 0.3) is 6.47 Å². The van der Waals surface area contributed by atoms with Crippen LogP contribution in [-0.2, 0) is 9.53 Å². The van der Waals surface area contributed by atoms with Gasteiger partial charge in [0.1, 0.15) is 23.2 Å². The number of hydrogen-bond donors (Lipinski definition) is 3. The molecule has 0 fully saturated rings. The second-order valence-electron chi connectivity index (χ2n) is 7.62. The lowest BCUT2D eigenvalue weighted by atomic mass is 10.2. The fraction of sp³-hybridized carbons (Fsp3) is 0.310. The maximum absolute atomic E-state index is 13.4. The van der Waals surface area contributed by atoms with E-state index in [2.05, 4.69) is 17.2 Å². The van der Waals surface area contributed by atoms with E-state index in [0.717, 1.165) is 52.2 Å². The lowest BCUT2D eigenvalue weighted by molar-refractivity contribution is -0.122. The number of aryl methyl sites for hydroxylation is 1. The molecule has 200 valence electrons. The first-order valence-electron chi connectivity index (χ1n) is 12.2. The van der Waals surface area contributed by atoms with Gasteiger partial charge in [-0.1, -0.05) is 50.8 Å². The molecule has 2 aromatic carbocycles. The molecule has 37 heavy (non-hydrogen) atoms. The van der Waals surface area contributed by atoms with Crippen LogP contribution in [0.3, 0.4) is 0 Å². The Labute approximate surface area is 224 Å². The Morgan fingerprint density at radius 2 is 1.97 bits per heavy atom. The fourth-order valence-corrected chi connectivity index (χ4v) is 4.21. The zero-order valence-corrected chi connectivity index (χ0v) is 22.9. The zero-order chi connectivity index (χ0) is 27.5. The van der Waals surface area contributed by atoms with E-state index < -0.39 is 0 Å². The second kappa shape index (κ2) is 18.7. The molecule has 0 saturated heterocycles. The number of hydrogen-bond acceptors (Lipinski definition) is 6. The van der Waals surface area contributed by atoms with Gasteiger partial charge < -0.3 is 20.5 Å². The van der Waals surface area contributed by atoms with E-state index >= 15 is 0 Å². The standard InChI is InChI=1S/C26H30FN3OS.C2H6.CH2O2/c1-4-8-24(15-20(3)29-22-9-6-5-7-10-22)31-17-26-30-23(18-32-26)13-14-28-25-16-21(27)12-11-19(25)2;1-2;2-1-3/h4-12,15-16,23,28-29H,3,13-14,17-18H2,1-2H3;1-2H3;1H,(H,2,3)/b8-4-,24-15+;;. The summed E-state index contributed by atoms with van der Waals surface area (Å²) in [5, 5.41) is 14.5. The third-order valence-electron chi connectivity index (χ3n) is 4.85. The number of thioether (sulfide) groups is 1. The van der Waals surface area contributed by atoms with Gasteiger partial charge >= 0.3 is 0 Å².